The molecule has 1 aliphatic rings. The van der Waals surface area contributed by atoms with Gasteiger partial charge in [-0.15, -0.1) is 0 Å². The average molecular weight is 256 g/mol. The van der Waals surface area contributed by atoms with Crippen LogP contribution in [0.2, 0.25) is 0 Å². The number of aromatic nitrogens is 1. The summed E-state index contributed by atoms with van der Waals surface area (Å²) in [5.41, 5.74) is 3.89. The van der Waals surface area contributed by atoms with Crippen LogP contribution in [0.1, 0.15) is 21.6 Å². The number of nitrogens with one attached hydrogen (secondary N) is 1. The quantitative estimate of drug-likeness (QED) is 0.851. The summed E-state index contributed by atoms with van der Waals surface area (Å²) in [7, 11) is 0. The Hall–Kier alpha value is -2.23. The number of rotatable bonds is 1. The van der Waals surface area contributed by atoms with E-state index in [1.807, 2.05) is 13.0 Å². The van der Waals surface area contributed by atoms with Crippen LogP contribution in [-0.2, 0) is 6.42 Å². The third-order valence-electron chi connectivity index (χ3n) is 3.25. The van der Waals surface area contributed by atoms with E-state index >= 15 is 0 Å². The summed E-state index contributed by atoms with van der Waals surface area (Å²) in [6.45, 7) is 2.55. The first-order valence-electron chi connectivity index (χ1n) is 6.20. The van der Waals surface area contributed by atoms with Gasteiger partial charge in [-0.25, -0.2) is 4.39 Å². The molecular weight excluding hydrogens is 243 g/mol. The SMILES string of the molecule is Cc1cc2c(c(-c3ccc(F)cc3)n1)C(=O)NCC2. The molecule has 96 valence electrons. The number of nitrogens with zero attached hydrogens (tertiary/aromatic N) is 1. The number of hydrogen-bond donors (Lipinski definition) is 1. The standard InChI is InChI=1S/C15H13FN2O/c1-9-8-11-6-7-17-15(19)13(11)14(18-9)10-2-4-12(16)5-3-10/h2-5,8H,6-7H2,1H3,(H,17,19). The second kappa shape index (κ2) is 4.46. The highest BCUT2D eigenvalue weighted by Gasteiger charge is 2.22. The maximum absolute atomic E-state index is 13.0. The molecule has 0 spiro atoms. The highest BCUT2D eigenvalue weighted by molar-refractivity contribution is 6.02. The summed E-state index contributed by atoms with van der Waals surface area (Å²) in [5.74, 6) is -0.400. The molecule has 0 atom stereocenters. The van der Waals surface area contributed by atoms with E-state index in [0.717, 1.165) is 23.2 Å². The predicted molar refractivity (Wildman–Crippen MR) is 70.4 cm³/mol. The largest absolute Gasteiger partial charge is 0.352 e. The van der Waals surface area contributed by atoms with Gasteiger partial charge in [0.15, 0.2) is 0 Å². The molecule has 1 N–H and O–H groups in total. The molecule has 2 aromatic rings. The molecular formula is C15H13FN2O. The van der Waals surface area contributed by atoms with Crippen molar-refractivity contribution >= 4 is 5.91 Å². The van der Waals surface area contributed by atoms with Gasteiger partial charge >= 0.3 is 0 Å². The molecule has 2 heterocycles. The number of benzene rings is 1. The first-order valence-corrected chi connectivity index (χ1v) is 6.20. The van der Waals surface area contributed by atoms with Crippen LogP contribution in [0.15, 0.2) is 30.3 Å². The summed E-state index contributed by atoms with van der Waals surface area (Å²) in [5, 5.41) is 2.83. The second-order valence-electron chi connectivity index (χ2n) is 4.66. The van der Waals surface area contributed by atoms with Crippen LogP contribution < -0.4 is 5.32 Å². The van der Waals surface area contributed by atoms with Gasteiger partial charge in [0.05, 0.1) is 11.3 Å². The molecule has 1 aliphatic heterocycles. The maximum Gasteiger partial charge on any atom is 0.253 e. The Labute approximate surface area is 110 Å². The first-order chi connectivity index (χ1) is 9.15. The minimum Gasteiger partial charge on any atom is -0.352 e. The van der Waals surface area contributed by atoms with Crippen LogP contribution in [0, 0.1) is 12.7 Å². The fourth-order valence-electron chi connectivity index (χ4n) is 2.41. The lowest BCUT2D eigenvalue weighted by Crippen LogP contribution is -2.32. The molecule has 3 rings (SSSR count). The number of amides is 1. The summed E-state index contributed by atoms with van der Waals surface area (Å²) >= 11 is 0. The first kappa shape index (κ1) is 11.8. The van der Waals surface area contributed by atoms with Gasteiger partial charge in [0, 0.05) is 17.8 Å². The molecule has 0 unspecified atom stereocenters. The van der Waals surface area contributed by atoms with Crippen molar-refractivity contribution in [1.29, 1.82) is 0 Å². The Morgan fingerprint density at radius 3 is 2.74 bits per heavy atom. The Balaban J connectivity index is 2.23. The third kappa shape index (κ3) is 2.10. The van der Waals surface area contributed by atoms with Gasteiger partial charge in [-0.1, -0.05) is 0 Å². The number of fused-ring (bicyclic) bond motifs is 1. The Kier molecular flexibility index (Phi) is 2.78. The Morgan fingerprint density at radius 1 is 1.26 bits per heavy atom. The van der Waals surface area contributed by atoms with Crippen LogP contribution in [0.5, 0.6) is 0 Å². The average Bonchev–Trinajstić information content (AvgIpc) is 2.38. The van der Waals surface area contributed by atoms with E-state index in [2.05, 4.69) is 10.3 Å². The highest BCUT2D eigenvalue weighted by Crippen LogP contribution is 2.27. The smallest absolute Gasteiger partial charge is 0.253 e. The summed E-state index contributed by atoms with van der Waals surface area (Å²) in [6.07, 6.45) is 0.804. The molecule has 1 aromatic heterocycles. The highest BCUT2D eigenvalue weighted by atomic mass is 19.1. The molecule has 1 amide bonds. The van der Waals surface area contributed by atoms with Crippen molar-refractivity contribution in [3.8, 4) is 11.3 Å². The minimum absolute atomic E-state index is 0.104. The lowest BCUT2D eigenvalue weighted by Gasteiger charge is -2.19. The molecule has 0 bridgehead atoms. The molecule has 0 saturated carbocycles. The van der Waals surface area contributed by atoms with Crippen LogP contribution in [-0.4, -0.2) is 17.4 Å². The number of carbonyl (C=O) groups excluding carboxylic acids is 1. The monoisotopic (exact) mass is 256 g/mol. The Morgan fingerprint density at radius 2 is 2.00 bits per heavy atom. The van der Waals surface area contributed by atoms with Gasteiger partial charge in [0.2, 0.25) is 0 Å². The molecule has 1 aromatic carbocycles. The molecule has 0 radical (unpaired) electrons. The molecule has 0 saturated heterocycles. The van der Waals surface area contributed by atoms with Gasteiger partial charge in [0.1, 0.15) is 5.82 Å². The molecule has 3 nitrogen and oxygen atoms in total. The predicted octanol–water partition coefficient (Wildman–Crippen LogP) is 2.48. The van der Waals surface area contributed by atoms with Gasteiger partial charge in [0.25, 0.3) is 5.91 Å². The van der Waals surface area contributed by atoms with E-state index in [9.17, 15) is 9.18 Å². The van der Waals surface area contributed by atoms with Crippen molar-refractivity contribution < 1.29 is 9.18 Å². The van der Waals surface area contributed by atoms with E-state index in [1.165, 1.54) is 12.1 Å². The topological polar surface area (TPSA) is 42.0 Å². The van der Waals surface area contributed by atoms with E-state index in [1.54, 1.807) is 12.1 Å². The lowest BCUT2D eigenvalue weighted by molar-refractivity contribution is 0.0946. The lowest BCUT2D eigenvalue weighted by atomic mass is 9.95. The van der Waals surface area contributed by atoms with Crippen molar-refractivity contribution in [2.24, 2.45) is 0 Å². The van der Waals surface area contributed by atoms with Crippen LogP contribution in [0.4, 0.5) is 4.39 Å². The van der Waals surface area contributed by atoms with Gasteiger partial charge in [-0.05, 0) is 49.2 Å². The van der Waals surface area contributed by atoms with Crippen LogP contribution in [0.25, 0.3) is 11.3 Å². The second-order valence-corrected chi connectivity index (χ2v) is 4.66. The van der Waals surface area contributed by atoms with Crippen molar-refractivity contribution in [1.82, 2.24) is 10.3 Å². The molecule has 0 fully saturated rings. The molecule has 0 aliphatic carbocycles. The zero-order chi connectivity index (χ0) is 13.4. The van der Waals surface area contributed by atoms with Gasteiger partial charge < -0.3 is 5.32 Å². The number of pyridine rings is 1. The fraction of sp³-hybridized carbons (Fsp3) is 0.200. The number of halogens is 1. The minimum atomic E-state index is -0.297. The molecule has 4 heteroatoms. The zero-order valence-corrected chi connectivity index (χ0v) is 10.5. The van der Waals surface area contributed by atoms with Crippen molar-refractivity contribution in [3.63, 3.8) is 0 Å². The van der Waals surface area contributed by atoms with Crippen LogP contribution >= 0.6 is 0 Å². The summed E-state index contributed by atoms with van der Waals surface area (Å²) < 4.78 is 13.0. The summed E-state index contributed by atoms with van der Waals surface area (Å²) in [6, 6.07) is 8.01. The van der Waals surface area contributed by atoms with E-state index in [-0.39, 0.29) is 11.7 Å². The third-order valence-corrected chi connectivity index (χ3v) is 3.25. The van der Waals surface area contributed by atoms with E-state index in [0.29, 0.717) is 17.8 Å². The van der Waals surface area contributed by atoms with Gasteiger partial charge in [-0.2, -0.15) is 0 Å². The number of aryl methyl sites for hydroxylation is 1. The zero-order valence-electron chi connectivity index (χ0n) is 10.5. The Bertz CT molecular complexity index is 650. The van der Waals surface area contributed by atoms with Crippen molar-refractivity contribution in [3.05, 3.63) is 53.0 Å². The van der Waals surface area contributed by atoms with Crippen LogP contribution in [0.3, 0.4) is 0 Å². The van der Waals surface area contributed by atoms with Crippen molar-refractivity contribution in [2.75, 3.05) is 6.54 Å². The maximum atomic E-state index is 13.0. The van der Waals surface area contributed by atoms with Crippen molar-refractivity contribution in [2.45, 2.75) is 13.3 Å². The van der Waals surface area contributed by atoms with Gasteiger partial charge in [-0.3, -0.25) is 9.78 Å². The fourth-order valence-corrected chi connectivity index (χ4v) is 2.41. The molecule has 19 heavy (non-hydrogen) atoms. The summed E-state index contributed by atoms with van der Waals surface area (Å²) in [4.78, 5) is 16.5. The van der Waals surface area contributed by atoms with E-state index in [4.69, 9.17) is 0 Å². The number of carbonyl (C=O) groups is 1. The van der Waals surface area contributed by atoms with E-state index < -0.39 is 0 Å². The normalized spacial score (nSPS) is 13.9. The number of hydrogen-bond acceptors (Lipinski definition) is 2.